The maximum absolute atomic E-state index is 13.4. The van der Waals surface area contributed by atoms with Crippen LogP contribution in [0.1, 0.15) is 109 Å². The lowest BCUT2D eigenvalue weighted by Gasteiger charge is -2.43. The minimum absolute atomic E-state index is 0.0707. The molecule has 2 saturated heterocycles. The van der Waals surface area contributed by atoms with Gasteiger partial charge in [-0.05, 0) is 87.4 Å². The highest BCUT2D eigenvalue weighted by molar-refractivity contribution is 6.06. The summed E-state index contributed by atoms with van der Waals surface area (Å²) in [7, 11) is 3.36. The lowest BCUT2D eigenvalue weighted by molar-refractivity contribution is -0.137. The molecule has 350 valence electrons. The molecule has 5 aliphatic rings. The first-order valence-electron chi connectivity index (χ1n) is 23.6. The first-order valence-corrected chi connectivity index (χ1v) is 23.6. The molecule has 4 aliphatic heterocycles. The van der Waals surface area contributed by atoms with Crippen LogP contribution in [0.3, 0.4) is 0 Å². The molecule has 2 aromatic carbocycles. The van der Waals surface area contributed by atoms with E-state index < -0.39 is 11.9 Å². The van der Waals surface area contributed by atoms with Gasteiger partial charge in [0.05, 0.1) is 25.6 Å². The first kappa shape index (κ1) is 46.4. The van der Waals surface area contributed by atoms with Crippen molar-refractivity contribution in [2.24, 2.45) is 0 Å². The molecule has 5 amide bonds. The monoisotopic (exact) mass is 902 g/mol. The molecule has 0 radical (unpaired) electrons. The number of nitrogens with zero attached hydrogens (tertiary/aromatic N) is 6. The van der Waals surface area contributed by atoms with E-state index in [9.17, 15) is 24.0 Å². The number of likely N-dealkylation sites (tertiary alicyclic amines) is 1. The van der Waals surface area contributed by atoms with E-state index in [0.29, 0.717) is 73.2 Å². The van der Waals surface area contributed by atoms with Gasteiger partial charge in [-0.2, -0.15) is 4.98 Å². The molecule has 0 spiro atoms. The summed E-state index contributed by atoms with van der Waals surface area (Å²) in [5.74, 6) is 7.10. The van der Waals surface area contributed by atoms with Gasteiger partial charge in [0.15, 0.2) is 5.82 Å². The largest absolute Gasteiger partial charge is 0.495 e. The number of imide groups is 1. The van der Waals surface area contributed by atoms with E-state index >= 15 is 0 Å². The Balaban J connectivity index is 0.712. The smallest absolute Gasteiger partial charge is 0.255 e. The van der Waals surface area contributed by atoms with Crippen molar-refractivity contribution in [1.29, 1.82) is 0 Å². The zero-order chi connectivity index (χ0) is 46.2. The van der Waals surface area contributed by atoms with Crippen LogP contribution in [0.15, 0.2) is 42.6 Å². The van der Waals surface area contributed by atoms with Crippen LogP contribution in [-0.2, 0) is 25.7 Å². The Morgan fingerprint density at radius 2 is 1.82 bits per heavy atom. The number of rotatable bonds is 17. The topological polar surface area (TPSA) is 191 Å². The minimum Gasteiger partial charge on any atom is -0.495 e. The Hall–Kier alpha value is -6.09. The van der Waals surface area contributed by atoms with Crippen molar-refractivity contribution in [3.8, 4) is 17.6 Å². The number of carbonyl (C=O) groups excluding carboxylic acids is 5. The zero-order valence-electron chi connectivity index (χ0n) is 38.3. The van der Waals surface area contributed by atoms with Crippen molar-refractivity contribution in [1.82, 2.24) is 35.7 Å². The minimum atomic E-state index is -0.644. The van der Waals surface area contributed by atoms with E-state index in [-0.39, 0.29) is 48.2 Å². The van der Waals surface area contributed by atoms with Crippen molar-refractivity contribution in [2.45, 2.75) is 108 Å². The average Bonchev–Trinajstić information content (AvgIpc) is 3.98. The maximum atomic E-state index is 13.4. The molecule has 3 fully saturated rings. The fourth-order valence-electron chi connectivity index (χ4n) is 9.80. The predicted octanol–water partition coefficient (Wildman–Crippen LogP) is 4.13. The van der Waals surface area contributed by atoms with Gasteiger partial charge in [0.25, 0.3) is 11.8 Å². The van der Waals surface area contributed by atoms with E-state index in [1.165, 1.54) is 0 Å². The maximum Gasteiger partial charge on any atom is 0.255 e. The molecule has 2 atom stereocenters. The number of likely N-dealkylation sites (N-methyl/N-ethyl adjacent to an activating group) is 1. The highest BCUT2D eigenvalue weighted by Gasteiger charge is 2.42. The van der Waals surface area contributed by atoms with Crippen LogP contribution in [0.25, 0.3) is 0 Å². The Morgan fingerprint density at radius 3 is 2.59 bits per heavy atom. The third-order valence-electron chi connectivity index (χ3n) is 13.5. The molecular weight excluding hydrogens is 841 g/mol. The van der Waals surface area contributed by atoms with E-state index in [2.05, 4.69) is 47.9 Å². The molecule has 66 heavy (non-hydrogen) atoms. The van der Waals surface area contributed by atoms with E-state index in [4.69, 9.17) is 14.5 Å². The van der Waals surface area contributed by atoms with Crippen molar-refractivity contribution in [3.63, 3.8) is 0 Å². The van der Waals surface area contributed by atoms with Crippen LogP contribution < -0.4 is 35.8 Å². The SMILES string of the molecule is CC[C@@H]1C(=O)N(C)c2cnc(Nc3ccc(C(=O)NC4CCN(CCOCCCNCCC#Cc5cccc6c5CN(C5CCC(=O)NC5=O)C6=O)CC4)cc3OC)nc2N1C1CCCC1. The molecule has 1 aliphatic carbocycles. The second-order valence-electron chi connectivity index (χ2n) is 17.7. The van der Waals surface area contributed by atoms with Crippen molar-refractivity contribution in [3.05, 3.63) is 64.8 Å². The summed E-state index contributed by atoms with van der Waals surface area (Å²) in [6.07, 6.45) is 10.6. The lowest BCUT2D eigenvalue weighted by Crippen LogP contribution is -2.55. The van der Waals surface area contributed by atoms with Gasteiger partial charge in [-0.1, -0.05) is 37.7 Å². The number of piperidine rings is 2. The van der Waals surface area contributed by atoms with Gasteiger partial charge in [-0.15, -0.1) is 0 Å². The lowest BCUT2D eigenvalue weighted by atomic mass is 10.0. The molecule has 3 aromatic rings. The van der Waals surface area contributed by atoms with Crippen molar-refractivity contribution in [2.75, 3.05) is 75.2 Å². The number of anilines is 4. The summed E-state index contributed by atoms with van der Waals surface area (Å²) in [5.41, 5.74) is 4.04. The van der Waals surface area contributed by atoms with Crippen LogP contribution in [-0.4, -0.2) is 134 Å². The number of hydrogen-bond acceptors (Lipinski definition) is 13. The second kappa shape index (κ2) is 21.5. The van der Waals surface area contributed by atoms with Crippen LogP contribution in [0, 0.1) is 11.8 Å². The summed E-state index contributed by atoms with van der Waals surface area (Å²) in [6.45, 7) is 7.83. The summed E-state index contributed by atoms with van der Waals surface area (Å²) in [4.78, 5) is 81.1. The third-order valence-corrected chi connectivity index (χ3v) is 13.5. The molecule has 17 nitrogen and oxygen atoms in total. The molecule has 0 bridgehead atoms. The Labute approximate surface area is 386 Å². The highest BCUT2D eigenvalue weighted by atomic mass is 16.5. The van der Waals surface area contributed by atoms with Crippen molar-refractivity contribution >= 4 is 52.7 Å². The van der Waals surface area contributed by atoms with Crippen LogP contribution in [0.5, 0.6) is 5.75 Å². The van der Waals surface area contributed by atoms with Crippen LogP contribution in [0.4, 0.5) is 23.1 Å². The van der Waals surface area contributed by atoms with E-state index in [0.717, 1.165) is 94.6 Å². The Morgan fingerprint density at radius 1 is 1.00 bits per heavy atom. The zero-order valence-corrected chi connectivity index (χ0v) is 38.3. The number of methoxy groups -OCH3 is 1. The molecule has 5 heterocycles. The van der Waals surface area contributed by atoms with Crippen molar-refractivity contribution < 1.29 is 33.4 Å². The predicted molar refractivity (Wildman–Crippen MR) is 250 cm³/mol. The molecule has 8 rings (SSSR count). The number of nitrogens with one attached hydrogen (secondary N) is 4. The standard InChI is InChI=1S/C49H62N10O7/c1-4-39-48(64)56(2)41-30-51-49(55-44(41)59(39)35-13-5-6-14-35)53-38-17-16-33(29-42(38)65-3)45(61)52-34-20-24-57(25-21-34)26-28-66-27-10-23-50-22-8-7-11-32-12-9-15-36-37(32)31-58(47(36)63)40-18-19-43(60)54-46(40)62/h9,12,15-17,29-30,34-35,39-40,50H,4-6,8,10,13-14,18-28,31H2,1-3H3,(H,52,61)(H,51,53,55)(H,54,60,62)/t39-,40?/m1/s1. The molecule has 17 heteroatoms. The number of fused-ring (bicyclic) bond motifs is 2. The van der Waals surface area contributed by atoms with Crippen LogP contribution in [0.2, 0.25) is 0 Å². The number of aromatic nitrogens is 2. The first-order chi connectivity index (χ1) is 32.1. The van der Waals surface area contributed by atoms with E-state index in [1.807, 2.05) is 25.1 Å². The summed E-state index contributed by atoms with van der Waals surface area (Å²) in [5, 5.41) is 12.3. The van der Waals surface area contributed by atoms with Gasteiger partial charge >= 0.3 is 0 Å². The fraction of sp³-hybridized carbons (Fsp3) is 0.531. The van der Waals surface area contributed by atoms with E-state index in [1.54, 1.807) is 48.4 Å². The number of benzene rings is 2. The third kappa shape index (κ3) is 10.5. The molecule has 4 N–H and O–H groups in total. The number of amides is 5. The quantitative estimate of drug-likeness (QED) is 0.0861. The van der Waals surface area contributed by atoms with Gasteiger partial charge < -0.3 is 45.0 Å². The number of carbonyl (C=O) groups is 5. The van der Waals surface area contributed by atoms with Crippen LogP contribution >= 0.6 is 0 Å². The van der Waals surface area contributed by atoms with Gasteiger partial charge in [-0.25, -0.2) is 4.98 Å². The second-order valence-corrected chi connectivity index (χ2v) is 17.7. The summed E-state index contributed by atoms with van der Waals surface area (Å²) < 4.78 is 11.6. The average molecular weight is 903 g/mol. The normalized spacial score (nSPS) is 20.2. The summed E-state index contributed by atoms with van der Waals surface area (Å²) >= 11 is 0. The molecular formula is C49H62N10O7. The molecule has 1 unspecified atom stereocenters. The van der Waals surface area contributed by atoms with Gasteiger partial charge in [0, 0.05) is 88.0 Å². The molecule has 1 saturated carbocycles. The summed E-state index contributed by atoms with van der Waals surface area (Å²) in [6, 6.07) is 10.3. The van der Waals surface area contributed by atoms with Gasteiger partial charge in [0.2, 0.25) is 23.7 Å². The molecule has 1 aromatic heterocycles. The van der Waals surface area contributed by atoms with Gasteiger partial charge in [0.1, 0.15) is 23.5 Å². The Bertz CT molecular complexity index is 2350. The number of ether oxygens (including phenoxy) is 2. The fourth-order valence-corrected chi connectivity index (χ4v) is 9.80. The Kier molecular flexibility index (Phi) is 15.1. The number of hydrogen-bond donors (Lipinski definition) is 4. The highest BCUT2D eigenvalue weighted by Crippen LogP contribution is 2.40. The van der Waals surface area contributed by atoms with Gasteiger partial charge in [-0.3, -0.25) is 29.3 Å².